The number of para-hydroxylation sites is 1. The molecule has 0 aromatic heterocycles. The van der Waals surface area contributed by atoms with Gasteiger partial charge in [-0.2, -0.15) is 0 Å². The third kappa shape index (κ3) is 4.91. The fraction of sp³-hybridized carbons (Fsp3) is 0.467. The zero-order valence-electron chi connectivity index (χ0n) is 12.3. The maximum Gasteiger partial charge on any atom is 0.253 e. The van der Waals surface area contributed by atoms with Crippen LogP contribution in [0.3, 0.4) is 0 Å². The van der Waals surface area contributed by atoms with E-state index in [9.17, 15) is 9.59 Å². The van der Waals surface area contributed by atoms with E-state index in [2.05, 4.69) is 17.6 Å². The molecule has 0 radical (unpaired) electrons. The predicted octanol–water partition coefficient (Wildman–Crippen LogP) is 1.89. The summed E-state index contributed by atoms with van der Waals surface area (Å²) in [5.74, 6) is -0.650. The van der Waals surface area contributed by atoms with Crippen LogP contribution in [-0.2, 0) is 4.79 Å². The van der Waals surface area contributed by atoms with E-state index in [1.54, 1.807) is 19.9 Å². The van der Waals surface area contributed by atoms with Gasteiger partial charge in [-0.05, 0) is 32.4 Å². The number of carbonyl (C=O) groups is 2. The lowest BCUT2D eigenvalue weighted by molar-refractivity contribution is -0.119. The van der Waals surface area contributed by atoms with Crippen LogP contribution >= 0.6 is 0 Å². The van der Waals surface area contributed by atoms with Gasteiger partial charge in [-0.15, -0.1) is 0 Å². The second-order valence-corrected chi connectivity index (χ2v) is 5.45. The minimum atomic E-state index is -0.666. The van der Waals surface area contributed by atoms with Crippen LogP contribution in [0.5, 0.6) is 0 Å². The second kappa shape index (κ2) is 6.93. The Labute approximate surface area is 119 Å². The fourth-order valence-electron chi connectivity index (χ4n) is 1.95. The molecule has 2 amide bonds. The fourth-order valence-corrected chi connectivity index (χ4v) is 1.95. The van der Waals surface area contributed by atoms with Crippen molar-refractivity contribution in [2.45, 2.75) is 39.2 Å². The van der Waals surface area contributed by atoms with Crippen molar-refractivity contribution in [1.82, 2.24) is 5.32 Å². The Kier molecular flexibility index (Phi) is 5.55. The molecule has 110 valence electrons. The first kappa shape index (κ1) is 16.0. The molecule has 0 aliphatic rings. The van der Waals surface area contributed by atoms with Crippen molar-refractivity contribution in [3.05, 3.63) is 29.8 Å². The van der Waals surface area contributed by atoms with E-state index in [0.29, 0.717) is 5.56 Å². The molecule has 1 rings (SSSR count). The summed E-state index contributed by atoms with van der Waals surface area (Å²) in [6, 6.07) is 7.32. The van der Waals surface area contributed by atoms with Crippen molar-refractivity contribution in [2.24, 2.45) is 5.73 Å². The summed E-state index contributed by atoms with van der Waals surface area (Å²) in [6.45, 7) is 6.41. The molecular weight excluding hydrogens is 254 g/mol. The Morgan fingerprint density at radius 1 is 1.25 bits per heavy atom. The zero-order chi connectivity index (χ0) is 15.2. The summed E-state index contributed by atoms with van der Waals surface area (Å²) in [6.07, 6.45) is 1.08. The Morgan fingerprint density at radius 3 is 2.50 bits per heavy atom. The van der Waals surface area contributed by atoms with Gasteiger partial charge >= 0.3 is 0 Å². The van der Waals surface area contributed by atoms with Crippen LogP contribution in [0.25, 0.3) is 0 Å². The van der Waals surface area contributed by atoms with Crippen LogP contribution in [0.2, 0.25) is 0 Å². The van der Waals surface area contributed by atoms with Crippen molar-refractivity contribution in [1.29, 1.82) is 0 Å². The highest BCUT2D eigenvalue weighted by Gasteiger charge is 2.24. The Hall–Kier alpha value is -2.04. The van der Waals surface area contributed by atoms with Crippen molar-refractivity contribution in [3.63, 3.8) is 0 Å². The lowest BCUT2D eigenvalue weighted by Gasteiger charge is -2.25. The monoisotopic (exact) mass is 277 g/mol. The van der Waals surface area contributed by atoms with Gasteiger partial charge in [-0.1, -0.05) is 19.1 Å². The molecule has 0 bridgehead atoms. The molecule has 0 atom stereocenters. The maximum atomic E-state index is 12.3. The molecule has 0 heterocycles. The number of carbonyl (C=O) groups excluding carboxylic acids is 2. The molecule has 0 saturated heterocycles. The molecule has 4 N–H and O–H groups in total. The van der Waals surface area contributed by atoms with Gasteiger partial charge in [-0.3, -0.25) is 9.59 Å². The number of rotatable bonds is 7. The molecule has 0 spiro atoms. The third-order valence-electron chi connectivity index (χ3n) is 2.81. The number of hydrogen-bond acceptors (Lipinski definition) is 3. The lowest BCUT2D eigenvalue weighted by Crippen LogP contribution is -2.46. The van der Waals surface area contributed by atoms with Crippen LogP contribution in [0.1, 0.15) is 44.0 Å². The number of benzene rings is 1. The maximum absolute atomic E-state index is 12.3. The molecule has 1 aromatic rings. The molecule has 0 fully saturated rings. The third-order valence-corrected chi connectivity index (χ3v) is 2.81. The van der Waals surface area contributed by atoms with Crippen LogP contribution in [-0.4, -0.2) is 23.9 Å². The van der Waals surface area contributed by atoms with Crippen molar-refractivity contribution in [2.75, 3.05) is 11.9 Å². The van der Waals surface area contributed by atoms with E-state index in [0.717, 1.165) is 18.7 Å². The molecule has 0 aliphatic carbocycles. The van der Waals surface area contributed by atoms with E-state index in [1.807, 2.05) is 18.2 Å². The molecule has 0 unspecified atom stereocenters. The van der Waals surface area contributed by atoms with Crippen molar-refractivity contribution in [3.8, 4) is 0 Å². The summed E-state index contributed by atoms with van der Waals surface area (Å²) in [7, 11) is 0. The normalized spacial score (nSPS) is 10.9. The van der Waals surface area contributed by atoms with Gasteiger partial charge in [0.1, 0.15) is 0 Å². The van der Waals surface area contributed by atoms with E-state index in [4.69, 9.17) is 5.73 Å². The summed E-state index contributed by atoms with van der Waals surface area (Å²) in [5, 5.41) is 6.06. The Balaban J connectivity index is 2.84. The first-order valence-electron chi connectivity index (χ1n) is 6.79. The summed E-state index contributed by atoms with van der Waals surface area (Å²) >= 11 is 0. The largest absolute Gasteiger partial charge is 0.384 e. The van der Waals surface area contributed by atoms with Gasteiger partial charge in [0.05, 0.1) is 5.56 Å². The number of hydrogen-bond donors (Lipinski definition) is 3. The van der Waals surface area contributed by atoms with Crippen LogP contribution in [0.4, 0.5) is 5.69 Å². The van der Waals surface area contributed by atoms with Gasteiger partial charge in [0.25, 0.3) is 5.91 Å². The highest BCUT2D eigenvalue weighted by molar-refractivity contribution is 6.00. The Bertz CT molecular complexity index is 484. The molecule has 5 heteroatoms. The van der Waals surface area contributed by atoms with Gasteiger partial charge in [0.2, 0.25) is 5.91 Å². The van der Waals surface area contributed by atoms with Crippen molar-refractivity contribution < 1.29 is 9.59 Å². The van der Waals surface area contributed by atoms with E-state index in [-0.39, 0.29) is 12.3 Å². The average molecular weight is 277 g/mol. The highest BCUT2D eigenvalue weighted by atomic mass is 16.2. The minimum absolute atomic E-state index is 0.100. The summed E-state index contributed by atoms with van der Waals surface area (Å²) < 4.78 is 0. The number of anilines is 1. The van der Waals surface area contributed by atoms with Crippen molar-refractivity contribution >= 4 is 17.5 Å². The van der Waals surface area contributed by atoms with Crippen LogP contribution in [0.15, 0.2) is 24.3 Å². The molecule has 5 nitrogen and oxygen atoms in total. The topological polar surface area (TPSA) is 84.2 Å². The van der Waals surface area contributed by atoms with Gasteiger partial charge in [-0.25, -0.2) is 0 Å². The lowest BCUT2D eigenvalue weighted by atomic mass is 9.99. The average Bonchev–Trinajstić information content (AvgIpc) is 2.34. The molecule has 1 aromatic carbocycles. The van der Waals surface area contributed by atoms with Gasteiger partial charge < -0.3 is 16.4 Å². The second-order valence-electron chi connectivity index (χ2n) is 5.45. The first-order chi connectivity index (χ1) is 9.35. The predicted molar refractivity (Wildman–Crippen MR) is 80.6 cm³/mol. The van der Waals surface area contributed by atoms with E-state index in [1.165, 1.54) is 0 Å². The van der Waals surface area contributed by atoms with E-state index < -0.39 is 11.4 Å². The smallest absolute Gasteiger partial charge is 0.253 e. The zero-order valence-corrected chi connectivity index (χ0v) is 12.3. The van der Waals surface area contributed by atoms with Crippen LogP contribution in [0, 0.1) is 0 Å². The standard InChI is InChI=1S/C15H23N3O2/c1-4-9-17-12-8-6-5-7-11(12)14(20)18-15(2,3)10-13(16)19/h5-8,17H,4,9-10H2,1-3H3,(H2,16,19)(H,18,20). The molecule has 0 aliphatic heterocycles. The summed E-state index contributed by atoms with van der Waals surface area (Å²) in [5.41, 5.74) is 5.88. The van der Waals surface area contributed by atoms with Gasteiger partial charge in [0, 0.05) is 24.2 Å². The molecule has 20 heavy (non-hydrogen) atoms. The number of primary amides is 1. The van der Waals surface area contributed by atoms with Gasteiger partial charge in [0.15, 0.2) is 0 Å². The van der Waals surface area contributed by atoms with Crippen LogP contribution < -0.4 is 16.4 Å². The SMILES string of the molecule is CCCNc1ccccc1C(=O)NC(C)(C)CC(N)=O. The van der Waals surface area contributed by atoms with E-state index >= 15 is 0 Å². The first-order valence-corrected chi connectivity index (χ1v) is 6.79. The highest BCUT2D eigenvalue weighted by Crippen LogP contribution is 2.17. The minimum Gasteiger partial charge on any atom is -0.384 e. The number of nitrogens with one attached hydrogen (secondary N) is 2. The molecule has 0 saturated carbocycles. The Morgan fingerprint density at radius 2 is 1.90 bits per heavy atom. The number of amides is 2. The molecular formula is C15H23N3O2. The summed E-state index contributed by atoms with van der Waals surface area (Å²) in [4.78, 5) is 23.3. The number of nitrogens with two attached hydrogens (primary N) is 1. The quantitative estimate of drug-likeness (QED) is 0.711.